The molecular weight excluding hydrogens is 773 g/mol. The van der Waals surface area contributed by atoms with Crippen LogP contribution in [0.3, 0.4) is 0 Å². The van der Waals surface area contributed by atoms with Gasteiger partial charge in [0.25, 0.3) is 0 Å². The van der Waals surface area contributed by atoms with Gasteiger partial charge in [-0.1, -0.05) is 158 Å². The first-order chi connectivity index (χ1) is 31.7. The third-order valence-corrected chi connectivity index (χ3v) is 12.7. The first-order valence-corrected chi connectivity index (χ1v) is 22.0. The predicted octanol–water partition coefficient (Wildman–Crippen LogP) is 17.7. The summed E-state index contributed by atoms with van der Waals surface area (Å²) < 4.78 is 0. The fraction of sp³-hybridized carbons (Fsp3) is 0. The molecule has 12 aromatic carbocycles. The lowest BCUT2D eigenvalue weighted by Gasteiger charge is -2.27. The molecule has 0 spiro atoms. The van der Waals surface area contributed by atoms with Crippen LogP contribution in [0.1, 0.15) is 0 Å². The summed E-state index contributed by atoms with van der Waals surface area (Å²) >= 11 is 0. The molecule has 0 aromatic heterocycles. The Labute approximate surface area is 373 Å². The summed E-state index contributed by atoms with van der Waals surface area (Å²) in [6.45, 7) is 0. The van der Waals surface area contributed by atoms with Crippen LogP contribution in [0.15, 0.2) is 255 Å². The normalized spacial score (nSPS) is 11.4. The second-order valence-corrected chi connectivity index (χ2v) is 16.5. The van der Waals surface area contributed by atoms with E-state index >= 15 is 0 Å². The molecule has 64 heavy (non-hydrogen) atoms. The Hall–Kier alpha value is -8.46. The molecule has 0 aliphatic rings. The average Bonchev–Trinajstić information content (AvgIpc) is 3.36. The molecule has 12 aromatic rings. The second kappa shape index (κ2) is 15.8. The van der Waals surface area contributed by atoms with Gasteiger partial charge < -0.3 is 9.80 Å². The van der Waals surface area contributed by atoms with Gasteiger partial charge in [-0.3, -0.25) is 0 Å². The lowest BCUT2D eigenvalue weighted by atomic mass is 9.83. The Kier molecular flexibility index (Phi) is 9.20. The Balaban J connectivity index is 1.19. The first-order valence-electron chi connectivity index (χ1n) is 22.0. The fourth-order valence-electron chi connectivity index (χ4n) is 9.84. The molecule has 0 aliphatic heterocycles. The maximum atomic E-state index is 2.48. The van der Waals surface area contributed by atoms with E-state index in [0.29, 0.717) is 0 Å². The van der Waals surface area contributed by atoms with Gasteiger partial charge >= 0.3 is 0 Å². The molecule has 0 saturated heterocycles. The summed E-state index contributed by atoms with van der Waals surface area (Å²) in [6, 6.07) is 92.9. The van der Waals surface area contributed by atoms with E-state index < -0.39 is 0 Å². The van der Waals surface area contributed by atoms with Gasteiger partial charge in [-0.25, -0.2) is 0 Å². The zero-order valence-corrected chi connectivity index (χ0v) is 35.1. The van der Waals surface area contributed by atoms with Crippen molar-refractivity contribution < 1.29 is 0 Å². The van der Waals surface area contributed by atoms with Gasteiger partial charge in [0.2, 0.25) is 0 Å². The van der Waals surface area contributed by atoms with Crippen LogP contribution in [-0.4, -0.2) is 0 Å². The molecule has 0 fully saturated rings. The van der Waals surface area contributed by atoms with E-state index in [1.54, 1.807) is 0 Å². The van der Waals surface area contributed by atoms with E-state index in [4.69, 9.17) is 0 Å². The van der Waals surface area contributed by atoms with Crippen molar-refractivity contribution in [2.75, 3.05) is 9.80 Å². The molecule has 0 radical (unpaired) electrons. The monoisotopic (exact) mass is 814 g/mol. The summed E-state index contributed by atoms with van der Waals surface area (Å²) in [5, 5.41) is 12.3. The molecule has 0 heterocycles. The second-order valence-electron chi connectivity index (χ2n) is 16.5. The van der Waals surface area contributed by atoms with Crippen molar-refractivity contribution in [3.05, 3.63) is 255 Å². The molecule has 300 valence electrons. The predicted molar refractivity (Wildman–Crippen MR) is 274 cm³/mol. The van der Waals surface area contributed by atoms with Crippen molar-refractivity contribution in [2.24, 2.45) is 0 Å². The van der Waals surface area contributed by atoms with Gasteiger partial charge in [-0.2, -0.15) is 0 Å². The third kappa shape index (κ3) is 6.52. The minimum absolute atomic E-state index is 1.10. The van der Waals surface area contributed by atoms with E-state index in [1.807, 2.05) is 0 Å². The van der Waals surface area contributed by atoms with Gasteiger partial charge in [0, 0.05) is 34.1 Å². The van der Waals surface area contributed by atoms with E-state index in [2.05, 4.69) is 265 Å². The first kappa shape index (κ1) is 37.3. The summed E-state index contributed by atoms with van der Waals surface area (Å²) in [5.74, 6) is 0. The highest BCUT2D eigenvalue weighted by Gasteiger charge is 2.22. The highest BCUT2D eigenvalue weighted by molar-refractivity contribution is 6.27. The van der Waals surface area contributed by atoms with Gasteiger partial charge in [-0.15, -0.1) is 0 Å². The zero-order chi connectivity index (χ0) is 42.4. The van der Waals surface area contributed by atoms with Crippen molar-refractivity contribution in [2.45, 2.75) is 0 Å². The van der Waals surface area contributed by atoms with E-state index in [1.165, 1.54) is 76.1 Å². The highest BCUT2D eigenvalue weighted by atomic mass is 15.1. The van der Waals surface area contributed by atoms with Crippen LogP contribution in [0, 0.1) is 0 Å². The maximum absolute atomic E-state index is 2.48. The molecule has 0 amide bonds. The van der Waals surface area contributed by atoms with Gasteiger partial charge in [-0.05, 0) is 173 Å². The lowest BCUT2D eigenvalue weighted by Crippen LogP contribution is -2.09. The van der Waals surface area contributed by atoms with Crippen molar-refractivity contribution >= 4 is 88.0 Å². The van der Waals surface area contributed by atoms with Crippen molar-refractivity contribution in [3.8, 4) is 22.3 Å². The number of para-hydroxylation sites is 4. The van der Waals surface area contributed by atoms with Crippen molar-refractivity contribution in [1.82, 2.24) is 0 Å². The van der Waals surface area contributed by atoms with Gasteiger partial charge in [0.1, 0.15) is 0 Å². The Morgan fingerprint density at radius 3 is 0.984 bits per heavy atom. The molecular formula is C62H42N2. The summed E-state index contributed by atoms with van der Waals surface area (Å²) in [7, 11) is 0. The molecule has 0 aliphatic carbocycles. The van der Waals surface area contributed by atoms with Crippen molar-refractivity contribution in [3.63, 3.8) is 0 Å². The number of hydrogen-bond acceptors (Lipinski definition) is 2. The quantitative estimate of drug-likeness (QED) is 0.111. The van der Waals surface area contributed by atoms with Crippen LogP contribution in [-0.2, 0) is 0 Å². The van der Waals surface area contributed by atoms with Gasteiger partial charge in [0.15, 0.2) is 0 Å². The molecule has 0 unspecified atom stereocenters. The minimum Gasteiger partial charge on any atom is -0.310 e. The number of hydrogen-bond donors (Lipinski definition) is 0. The maximum Gasteiger partial charge on any atom is 0.0467 e. The molecule has 12 rings (SSSR count). The van der Waals surface area contributed by atoms with Crippen molar-refractivity contribution in [1.29, 1.82) is 0 Å². The minimum atomic E-state index is 1.10. The molecule has 0 atom stereocenters. The zero-order valence-electron chi connectivity index (χ0n) is 35.1. The van der Waals surface area contributed by atoms with E-state index in [-0.39, 0.29) is 0 Å². The van der Waals surface area contributed by atoms with E-state index in [0.717, 1.165) is 34.1 Å². The number of anilines is 6. The number of benzene rings is 12. The standard InChI is InChI=1S/C62H42N2/c1-5-24-49(25-6-1)63(50-26-7-2-8-27-50)53-32-17-22-47(37-53)61-57-39-44-20-13-14-21-45(44)40-58(57)62(60-42-56-46(41-59(60)61)36-35-43-19-15-16-34-55(43)56)48-23-18-33-54(38-48)64(51-28-9-3-10-29-51)52-30-11-4-12-31-52/h1-42H. The summed E-state index contributed by atoms with van der Waals surface area (Å²) in [4.78, 5) is 4.72. The van der Waals surface area contributed by atoms with Crippen LogP contribution in [0.25, 0.3) is 76.1 Å². The fourth-order valence-corrected chi connectivity index (χ4v) is 9.84. The largest absolute Gasteiger partial charge is 0.310 e. The lowest BCUT2D eigenvalue weighted by molar-refractivity contribution is 1.28. The smallest absolute Gasteiger partial charge is 0.0467 e. The SMILES string of the molecule is c1ccc(N(c2ccccc2)c2cccc(-c3c4cc5ccccc5cc4c(-c4cccc(N(c5ccccc5)c5ccccc5)c4)c4cc5c(ccc6ccccc65)cc34)c2)cc1. The average molecular weight is 815 g/mol. The van der Waals surface area contributed by atoms with Gasteiger partial charge in [0.05, 0.1) is 0 Å². The Bertz CT molecular complexity index is 3580. The van der Waals surface area contributed by atoms with Crippen LogP contribution in [0.5, 0.6) is 0 Å². The Morgan fingerprint density at radius 1 is 0.188 bits per heavy atom. The van der Waals surface area contributed by atoms with Crippen LogP contribution in [0.4, 0.5) is 34.1 Å². The highest BCUT2D eigenvalue weighted by Crippen LogP contribution is 2.49. The molecule has 2 nitrogen and oxygen atoms in total. The van der Waals surface area contributed by atoms with E-state index in [9.17, 15) is 0 Å². The topological polar surface area (TPSA) is 6.48 Å². The molecule has 0 N–H and O–H groups in total. The number of rotatable bonds is 8. The summed E-state index contributed by atoms with van der Waals surface area (Å²) in [6.07, 6.45) is 0. The molecule has 0 saturated carbocycles. The van der Waals surface area contributed by atoms with Crippen LogP contribution in [0.2, 0.25) is 0 Å². The third-order valence-electron chi connectivity index (χ3n) is 12.7. The molecule has 2 heteroatoms. The Morgan fingerprint density at radius 2 is 0.531 bits per heavy atom. The summed E-state index contributed by atoms with van der Waals surface area (Å²) in [5.41, 5.74) is 11.4. The number of nitrogens with zero attached hydrogens (tertiary/aromatic N) is 2. The van der Waals surface area contributed by atoms with Crippen LogP contribution >= 0.6 is 0 Å². The number of fused-ring (bicyclic) bond motifs is 6. The van der Waals surface area contributed by atoms with Crippen LogP contribution < -0.4 is 9.80 Å². The molecule has 0 bridgehead atoms.